The van der Waals surface area contributed by atoms with Crippen LogP contribution in [0.15, 0.2) is 43.0 Å². The fourth-order valence-electron chi connectivity index (χ4n) is 4.33. The Morgan fingerprint density at radius 2 is 1.88 bits per heavy atom. The maximum atomic E-state index is 14.0. The van der Waals surface area contributed by atoms with Crippen LogP contribution < -0.4 is 10.1 Å². The Bertz CT molecular complexity index is 1520. The normalized spacial score (nSPS) is 18.3. The molecule has 0 saturated heterocycles. The molecule has 2 atom stereocenters. The molecule has 5 heterocycles. The van der Waals surface area contributed by atoms with Crippen molar-refractivity contribution in [2.75, 3.05) is 12.4 Å². The number of anilines is 1. The number of hydrogen-bond acceptors (Lipinski definition) is 7. The average Bonchev–Trinajstić information content (AvgIpc) is 3.53. The third kappa shape index (κ3) is 3.07. The quantitative estimate of drug-likeness (QED) is 0.431. The van der Waals surface area contributed by atoms with Crippen molar-refractivity contribution in [1.82, 2.24) is 39.1 Å². The molecule has 0 amide bonds. The number of aryl methyl sites for hydroxylation is 1. The van der Waals surface area contributed by atoms with Crippen molar-refractivity contribution < 1.29 is 17.9 Å². The number of aromatic nitrogens is 8. The van der Waals surface area contributed by atoms with Crippen molar-refractivity contribution in [3.05, 3.63) is 48.5 Å². The highest BCUT2D eigenvalue weighted by atomic mass is 19.4. The molecular weight excluding hydrogens is 451 g/mol. The number of hydrogen-bond donors (Lipinski definition) is 1. The van der Waals surface area contributed by atoms with Gasteiger partial charge in [0.25, 0.3) is 0 Å². The fraction of sp³-hybridized carbons (Fsp3) is 0.286. The number of fused-ring (bicyclic) bond motifs is 4. The largest absolute Gasteiger partial charge is 0.497 e. The van der Waals surface area contributed by atoms with Gasteiger partial charge in [0.05, 0.1) is 36.5 Å². The zero-order valence-corrected chi connectivity index (χ0v) is 18.0. The number of methoxy groups -OCH3 is 1. The Morgan fingerprint density at radius 3 is 2.62 bits per heavy atom. The van der Waals surface area contributed by atoms with Gasteiger partial charge in [-0.05, 0) is 17.7 Å². The minimum Gasteiger partial charge on any atom is -0.497 e. The molecule has 1 N–H and O–H groups in total. The molecular formula is C21H18F3N9O. The van der Waals surface area contributed by atoms with E-state index in [0.29, 0.717) is 33.6 Å². The summed E-state index contributed by atoms with van der Waals surface area (Å²) in [5, 5.41) is 16.6. The van der Waals surface area contributed by atoms with Gasteiger partial charge in [-0.3, -0.25) is 4.68 Å². The zero-order chi connectivity index (χ0) is 23.6. The van der Waals surface area contributed by atoms with Crippen LogP contribution in [0.4, 0.5) is 19.0 Å². The molecule has 0 saturated carbocycles. The Hall–Kier alpha value is -4.16. The monoisotopic (exact) mass is 469 g/mol. The molecule has 6 rings (SSSR count). The lowest BCUT2D eigenvalue weighted by Gasteiger charge is -2.34. The SMILES string of the molecule is COc1ccc([C@H]2C[C@H](C(F)(F)F)n3ncc(-c4nc5c6cnn(C)c6ncn5n4)c3N2)cc1. The zero-order valence-electron chi connectivity index (χ0n) is 18.0. The second-order valence-electron chi connectivity index (χ2n) is 8.07. The molecule has 5 aromatic rings. The summed E-state index contributed by atoms with van der Waals surface area (Å²) in [5.74, 6) is 1.07. The van der Waals surface area contributed by atoms with E-state index in [1.807, 2.05) is 0 Å². The first-order valence-corrected chi connectivity index (χ1v) is 10.4. The van der Waals surface area contributed by atoms with E-state index in [9.17, 15) is 13.2 Å². The highest BCUT2D eigenvalue weighted by Gasteiger charge is 2.47. The van der Waals surface area contributed by atoms with Gasteiger partial charge in [0.15, 0.2) is 23.2 Å². The third-order valence-corrected chi connectivity index (χ3v) is 6.07. The molecule has 0 spiro atoms. The highest BCUT2D eigenvalue weighted by Crippen LogP contribution is 2.46. The highest BCUT2D eigenvalue weighted by molar-refractivity contribution is 5.89. The van der Waals surface area contributed by atoms with E-state index in [1.165, 1.54) is 24.1 Å². The van der Waals surface area contributed by atoms with E-state index in [0.717, 1.165) is 4.68 Å². The summed E-state index contributed by atoms with van der Waals surface area (Å²) in [6, 6.07) is 4.56. The van der Waals surface area contributed by atoms with Crippen LogP contribution in [0.2, 0.25) is 0 Å². The van der Waals surface area contributed by atoms with Crippen LogP contribution in [-0.2, 0) is 7.05 Å². The van der Waals surface area contributed by atoms with Crippen LogP contribution in [0.25, 0.3) is 28.1 Å². The van der Waals surface area contributed by atoms with Gasteiger partial charge in [-0.2, -0.15) is 23.4 Å². The molecule has 1 aliphatic rings. The number of alkyl halides is 3. The molecule has 13 heteroatoms. The molecule has 0 fully saturated rings. The first kappa shape index (κ1) is 20.4. The van der Waals surface area contributed by atoms with Crippen LogP contribution in [0.1, 0.15) is 24.1 Å². The second kappa shape index (κ2) is 7.17. The molecule has 4 aromatic heterocycles. The lowest BCUT2D eigenvalue weighted by Crippen LogP contribution is -2.35. The smallest absolute Gasteiger partial charge is 0.410 e. The van der Waals surface area contributed by atoms with Crippen molar-refractivity contribution in [1.29, 1.82) is 0 Å². The Morgan fingerprint density at radius 1 is 1.09 bits per heavy atom. The topological polar surface area (TPSA) is 100.0 Å². The number of nitrogens with zero attached hydrogens (tertiary/aromatic N) is 8. The van der Waals surface area contributed by atoms with E-state index in [-0.39, 0.29) is 18.1 Å². The first-order valence-electron chi connectivity index (χ1n) is 10.4. The number of nitrogens with one attached hydrogen (secondary N) is 1. The number of benzene rings is 1. The van der Waals surface area contributed by atoms with Crippen LogP contribution in [0.5, 0.6) is 5.75 Å². The first-order chi connectivity index (χ1) is 16.3. The van der Waals surface area contributed by atoms with Gasteiger partial charge in [0.2, 0.25) is 0 Å². The lowest BCUT2D eigenvalue weighted by atomic mass is 9.96. The molecule has 1 aliphatic heterocycles. The Kier molecular flexibility index (Phi) is 4.31. The van der Waals surface area contributed by atoms with Crippen LogP contribution in [-0.4, -0.2) is 52.4 Å². The molecule has 10 nitrogen and oxygen atoms in total. The molecule has 1 aromatic carbocycles. The number of halogens is 3. The summed E-state index contributed by atoms with van der Waals surface area (Å²) in [4.78, 5) is 8.91. The predicted octanol–water partition coefficient (Wildman–Crippen LogP) is 3.54. The van der Waals surface area contributed by atoms with Gasteiger partial charge in [0, 0.05) is 13.5 Å². The summed E-state index contributed by atoms with van der Waals surface area (Å²) < 4.78 is 51.3. The van der Waals surface area contributed by atoms with Crippen LogP contribution in [0.3, 0.4) is 0 Å². The third-order valence-electron chi connectivity index (χ3n) is 6.07. The average molecular weight is 469 g/mol. The molecule has 0 aliphatic carbocycles. The Labute approximate surface area is 190 Å². The van der Waals surface area contributed by atoms with Crippen molar-refractivity contribution in [3.63, 3.8) is 0 Å². The molecule has 34 heavy (non-hydrogen) atoms. The van der Waals surface area contributed by atoms with Crippen LogP contribution in [0, 0.1) is 0 Å². The fourth-order valence-corrected chi connectivity index (χ4v) is 4.33. The minimum absolute atomic E-state index is 0.206. The summed E-state index contributed by atoms with van der Waals surface area (Å²) >= 11 is 0. The molecule has 0 radical (unpaired) electrons. The minimum atomic E-state index is -4.48. The van der Waals surface area contributed by atoms with Crippen molar-refractivity contribution in [2.45, 2.75) is 24.7 Å². The molecule has 0 bridgehead atoms. The van der Waals surface area contributed by atoms with Crippen molar-refractivity contribution in [2.24, 2.45) is 7.05 Å². The van der Waals surface area contributed by atoms with Gasteiger partial charge in [0.1, 0.15) is 17.9 Å². The summed E-state index contributed by atoms with van der Waals surface area (Å²) in [6.07, 6.45) is -0.203. The van der Waals surface area contributed by atoms with Gasteiger partial charge >= 0.3 is 6.18 Å². The number of ether oxygens (including phenoxy) is 1. The van der Waals surface area contributed by atoms with Crippen molar-refractivity contribution >= 4 is 22.5 Å². The van der Waals surface area contributed by atoms with E-state index in [2.05, 4.69) is 30.6 Å². The standard InChI is InChI=1S/C21H18F3N9O/c1-31-18-14(9-26-31)19-29-17(30-32(19)10-25-18)13-8-27-33-16(21(22,23)24)7-15(28-20(13)33)11-3-5-12(34-2)6-4-11/h3-6,8-10,15-16,28H,7H2,1-2H3/t15-,16-/m1/s1. The maximum Gasteiger partial charge on any atom is 0.410 e. The molecule has 0 unspecified atom stereocenters. The Balaban J connectivity index is 1.46. The van der Waals surface area contributed by atoms with E-state index < -0.39 is 18.3 Å². The summed E-state index contributed by atoms with van der Waals surface area (Å²) in [7, 11) is 3.30. The second-order valence-corrected chi connectivity index (χ2v) is 8.07. The van der Waals surface area contributed by atoms with Gasteiger partial charge < -0.3 is 10.1 Å². The van der Waals surface area contributed by atoms with Gasteiger partial charge in [-0.15, -0.1) is 5.10 Å². The van der Waals surface area contributed by atoms with E-state index >= 15 is 0 Å². The van der Waals surface area contributed by atoms with Crippen molar-refractivity contribution in [3.8, 4) is 17.1 Å². The summed E-state index contributed by atoms with van der Waals surface area (Å²) in [5.41, 5.74) is 2.20. The molecule has 174 valence electrons. The predicted molar refractivity (Wildman–Crippen MR) is 115 cm³/mol. The van der Waals surface area contributed by atoms with E-state index in [4.69, 9.17) is 4.74 Å². The lowest BCUT2D eigenvalue weighted by molar-refractivity contribution is -0.173. The van der Waals surface area contributed by atoms with Crippen LogP contribution >= 0.6 is 0 Å². The maximum absolute atomic E-state index is 14.0. The summed E-state index contributed by atoms with van der Waals surface area (Å²) in [6.45, 7) is 0. The van der Waals surface area contributed by atoms with Gasteiger partial charge in [-0.1, -0.05) is 12.1 Å². The number of rotatable bonds is 3. The van der Waals surface area contributed by atoms with E-state index in [1.54, 1.807) is 42.2 Å². The van der Waals surface area contributed by atoms with Gasteiger partial charge in [-0.25, -0.2) is 19.2 Å².